The largest absolute Gasteiger partial charge is 0.491 e. The first-order valence-electron chi connectivity index (χ1n) is 9.21. The summed E-state index contributed by atoms with van der Waals surface area (Å²) in [5, 5.41) is 3.24. The van der Waals surface area contributed by atoms with Gasteiger partial charge in [0, 0.05) is 30.9 Å². The third kappa shape index (κ3) is 4.04. The van der Waals surface area contributed by atoms with Gasteiger partial charge in [0.15, 0.2) is 11.6 Å². The molecule has 1 aliphatic rings. The van der Waals surface area contributed by atoms with Gasteiger partial charge in [0.25, 0.3) is 0 Å². The number of aromatic nitrogens is 2. The molecule has 0 radical (unpaired) electrons. The summed E-state index contributed by atoms with van der Waals surface area (Å²) in [7, 11) is 1.65. The van der Waals surface area contributed by atoms with Crippen LogP contribution in [-0.4, -0.2) is 54.7 Å². The molecule has 1 aromatic carbocycles. The van der Waals surface area contributed by atoms with Crippen LogP contribution in [0, 0.1) is 5.82 Å². The molecule has 1 fully saturated rings. The monoisotopic (exact) mass is 386 g/mol. The minimum atomic E-state index is -0.154. The minimum Gasteiger partial charge on any atom is -0.491 e. The van der Waals surface area contributed by atoms with Crippen molar-refractivity contribution in [3.8, 4) is 5.75 Å². The van der Waals surface area contributed by atoms with E-state index in [-0.39, 0.29) is 5.82 Å². The van der Waals surface area contributed by atoms with E-state index in [2.05, 4.69) is 25.1 Å². The van der Waals surface area contributed by atoms with Crippen LogP contribution in [-0.2, 0) is 6.42 Å². The van der Waals surface area contributed by atoms with Gasteiger partial charge in [0.2, 0.25) is 0 Å². The van der Waals surface area contributed by atoms with Crippen LogP contribution in [0.15, 0.2) is 36.1 Å². The highest BCUT2D eigenvalue weighted by Crippen LogP contribution is 2.28. The Morgan fingerprint density at radius 3 is 2.89 bits per heavy atom. The van der Waals surface area contributed by atoms with Crippen molar-refractivity contribution in [3.05, 3.63) is 47.5 Å². The maximum atomic E-state index is 13.5. The molecule has 7 heteroatoms. The number of methoxy groups -OCH3 is 1. The van der Waals surface area contributed by atoms with Gasteiger partial charge in [-0.3, -0.25) is 4.90 Å². The van der Waals surface area contributed by atoms with Gasteiger partial charge in [0.1, 0.15) is 12.1 Å². The molecule has 0 bridgehead atoms. The Hall–Kier alpha value is -2.25. The average Bonchev–Trinajstić information content (AvgIpc) is 3.10. The van der Waals surface area contributed by atoms with Gasteiger partial charge < -0.3 is 9.64 Å². The number of thiophene rings is 1. The molecule has 5 nitrogen and oxygen atoms in total. The number of rotatable bonds is 6. The lowest BCUT2D eigenvalue weighted by Crippen LogP contribution is -2.47. The quantitative estimate of drug-likeness (QED) is 0.648. The highest BCUT2D eigenvalue weighted by molar-refractivity contribution is 7.17. The minimum absolute atomic E-state index is 0.154. The zero-order valence-corrected chi connectivity index (χ0v) is 16.2. The molecule has 142 valence electrons. The fourth-order valence-corrected chi connectivity index (χ4v) is 4.59. The second-order valence-corrected chi connectivity index (χ2v) is 7.66. The number of hydrogen-bond acceptors (Lipinski definition) is 6. The number of anilines is 1. The molecule has 0 spiro atoms. The van der Waals surface area contributed by atoms with Crippen molar-refractivity contribution >= 4 is 27.2 Å². The van der Waals surface area contributed by atoms with E-state index in [1.807, 2.05) is 6.07 Å². The van der Waals surface area contributed by atoms with Crippen molar-refractivity contribution in [2.45, 2.75) is 12.8 Å². The molecule has 0 atom stereocenters. The van der Waals surface area contributed by atoms with Gasteiger partial charge in [-0.2, -0.15) is 0 Å². The van der Waals surface area contributed by atoms with Crippen molar-refractivity contribution in [2.24, 2.45) is 0 Å². The number of nitrogens with zero attached hydrogens (tertiary/aromatic N) is 4. The molecule has 3 aromatic rings. The van der Waals surface area contributed by atoms with Crippen LogP contribution < -0.4 is 9.64 Å². The third-order valence-electron chi connectivity index (χ3n) is 5.09. The van der Waals surface area contributed by atoms with Crippen molar-refractivity contribution in [1.29, 1.82) is 0 Å². The average molecular weight is 386 g/mol. The number of hydrogen-bond donors (Lipinski definition) is 0. The van der Waals surface area contributed by atoms with Crippen molar-refractivity contribution in [1.82, 2.24) is 14.9 Å². The Morgan fingerprint density at radius 2 is 2.07 bits per heavy atom. The number of halogens is 1. The second kappa shape index (κ2) is 8.19. The molecule has 0 unspecified atom stereocenters. The summed E-state index contributed by atoms with van der Waals surface area (Å²) in [6.45, 7) is 4.93. The Bertz CT molecular complexity index is 908. The van der Waals surface area contributed by atoms with Gasteiger partial charge in [-0.15, -0.1) is 11.3 Å². The molecule has 0 N–H and O–H groups in total. The summed E-state index contributed by atoms with van der Waals surface area (Å²) in [6.07, 6.45) is 5.35. The Labute approximate surface area is 162 Å². The highest BCUT2D eigenvalue weighted by Gasteiger charge is 2.20. The van der Waals surface area contributed by atoms with E-state index < -0.39 is 0 Å². The van der Waals surface area contributed by atoms with Crippen LogP contribution in [0.5, 0.6) is 5.75 Å². The molecule has 27 heavy (non-hydrogen) atoms. The molecule has 1 saturated heterocycles. The van der Waals surface area contributed by atoms with Crippen LogP contribution in [0.2, 0.25) is 0 Å². The van der Waals surface area contributed by atoms with E-state index in [0.717, 1.165) is 62.5 Å². The lowest BCUT2D eigenvalue weighted by molar-refractivity contribution is 0.253. The first kappa shape index (κ1) is 18.1. The summed E-state index contributed by atoms with van der Waals surface area (Å²) >= 11 is 1.70. The normalized spacial score (nSPS) is 15.4. The Morgan fingerprint density at radius 1 is 1.22 bits per heavy atom. The van der Waals surface area contributed by atoms with Gasteiger partial charge in [-0.05, 0) is 53.9 Å². The van der Waals surface area contributed by atoms with Gasteiger partial charge in [-0.1, -0.05) is 0 Å². The topological polar surface area (TPSA) is 41.5 Å². The molecular formula is C20H23FN4OS. The highest BCUT2D eigenvalue weighted by atomic mass is 32.1. The molecule has 0 saturated carbocycles. The number of ether oxygens (including phenoxy) is 1. The van der Waals surface area contributed by atoms with E-state index >= 15 is 0 Å². The van der Waals surface area contributed by atoms with Crippen molar-refractivity contribution in [3.63, 3.8) is 0 Å². The first-order chi connectivity index (χ1) is 13.2. The van der Waals surface area contributed by atoms with Crippen LogP contribution in [0.4, 0.5) is 10.2 Å². The second-order valence-electron chi connectivity index (χ2n) is 6.75. The van der Waals surface area contributed by atoms with Crippen molar-refractivity contribution in [2.75, 3.05) is 44.7 Å². The third-order valence-corrected chi connectivity index (χ3v) is 6.10. The maximum Gasteiger partial charge on any atom is 0.179 e. The van der Waals surface area contributed by atoms with Crippen LogP contribution in [0.3, 0.4) is 0 Å². The van der Waals surface area contributed by atoms with E-state index in [1.165, 1.54) is 16.3 Å². The zero-order chi connectivity index (χ0) is 18.6. The van der Waals surface area contributed by atoms with Gasteiger partial charge in [0.05, 0.1) is 13.3 Å². The summed E-state index contributed by atoms with van der Waals surface area (Å²) < 4.78 is 20.0. The predicted molar refractivity (Wildman–Crippen MR) is 107 cm³/mol. The van der Waals surface area contributed by atoms with E-state index in [1.54, 1.807) is 37.0 Å². The van der Waals surface area contributed by atoms with Crippen LogP contribution in [0.25, 0.3) is 10.1 Å². The molecule has 3 heterocycles. The van der Waals surface area contributed by atoms with Crippen LogP contribution in [0.1, 0.15) is 12.0 Å². The van der Waals surface area contributed by atoms with Gasteiger partial charge in [-0.25, -0.2) is 14.4 Å². The van der Waals surface area contributed by atoms with Crippen molar-refractivity contribution < 1.29 is 9.13 Å². The SMILES string of the molecule is COc1cncnc1N1CCN(CCCc2csc3ccc(F)cc23)CC1. The lowest BCUT2D eigenvalue weighted by atomic mass is 10.1. The van der Waals surface area contributed by atoms with E-state index in [0.29, 0.717) is 0 Å². The smallest absolute Gasteiger partial charge is 0.179 e. The number of piperazine rings is 1. The molecule has 1 aliphatic heterocycles. The first-order valence-corrected chi connectivity index (χ1v) is 10.1. The Balaban J connectivity index is 1.29. The fraction of sp³-hybridized carbons (Fsp3) is 0.400. The number of benzene rings is 1. The molecule has 0 amide bonds. The standard InChI is InChI=1S/C20H23FN4OS/c1-26-18-12-22-14-23-20(18)25-9-7-24(8-10-25)6-2-3-15-13-27-19-5-4-16(21)11-17(15)19/h4-5,11-14H,2-3,6-10H2,1H3. The summed E-state index contributed by atoms with van der Waals surface area (Å²) in [6, 6.07) is 5.07. The maximum absolute atomic E-state index is 13.5. The number of fused-ring (bicyclic) bond motifs is 1. The summed E-state index contributed by atoms with van der Waals surface area (Å²) in [5.41, 5.74) is 1.26. The summed E-state index contributed by atoms with van der Waals surface area (Å²) in [5.74, 6) is 1.44. The van der Waals surface area contributed by atoms with Crippen LogP contribution >= 0.6 is 11.3 Å². The molecule has 0 aliphatic carbocycles. The lowest BCUT2D eigenvalue weighted by Gasteiger charge is -2.35. The summed E-state index contributed by atoms with van der Waals surface area (Å²) in [4.78, 5) is 13.1. The van der Waals surface area contributed by atoms with Gasteiger partial charge >= 0.3 is 0 Å². The fourth-order valence-electron chi connectivity index (χ4n) is 3.62. The van der Waals surface area contributed by atoms with E-state index in [9.17, 15) is 4.39 Å². The zero-order valence-electron chi connectivity index (χ0n) is 15.4. The molecule has 2 aromatic heterocycles. The Kier molecular flexibility index (Phi) is 5.50. The number of aryl methyl sites for hydroxylation is 1. The molecular weight excluding hydrogens is 363 g/mol. The predicted octanol–water partition coefficient (Wildman–Crippen LogP) is 3.59. The molecule has 4 rings (SSSR count). The van der Waals surface area contributed by atoms with E-state index in [4.69, 9.17) is 4.74 Å².